The van der Waals surface area contributed by atoms with Gasteiger partial charge in [0, 0.05) is 19.3 Å². The van der Waals surface area contributed by atoms with E-state index >= 15 is 0 Å². The third kappa shape index (κ3) is 5.56. The van der Waals surface area contributed by atoms with Gasteiger partial charge in [0.15, 0.2) is 0 Å². The van der Waals surface area contributed by atoms with Gasteiger partial charge < -0.3 is 5.32 Å². The van der Waals surface area contributed by atoms with Crippen LogP contribution in [0.4, 0.5) is 30.4 Å². The monoisotopic (exact) mass is 561 g/mol. The number of halogens is 3. The first-order valence-electron chi connectivity index (χ1n) is 11.9. The van der Waals surface area contributed by atoms with Crippen molar-refractivity contribution in [2.45, 2.75) is 50.0 Å². The Bertz CT molecular complexity index is 1490. The molecule has 0 amide bonds. The maximum atomic E-state index is 14.1. The SMILES string of the molecule is C=NN(C)C(NN)c1ccc2c(c1)N(S(=O)(=O)c1ccc(C(C)(C)C)cc1)Cc1ccc(C(F)(F)F)nc1N2. The molecular formula is C26H30F3N7O2S. The topological polar surface area (TPSA) is 116 Å². The Kier molecular flexibility index (Phi) is 7.36. The highest BCUT2D eigenvalue weighted by atomic mass is 32.2. The minimum absolute atomic E-state index is 0.0357. The molecule has 0 radical (unpaired) electrons. The average molecular weight is 562 g/mol. The highest BCUT2D eigenvalue weighted by Crippen LogP contribution is 2.41. The van der Waals surface area contributed by atoms with E-state index in [1.165, 1.54) is 23.2 Å². The Labute approximate surface area is 225 Å². The number of hydrazine groups is 1. The van der Waals surface area contributed by atoms with E-state index in [9.17, 15) is 21.6 Å². The van der Waals surface area contributed by atoms with Gasteiger partial charge in [0.25, 0.3) is 10.0 Å². The molecule has 1 unspecified atom stereocenters. The minimum atomic E-state index is -4.67. The molecule has 1 aliphatic rings. The van der Waals surface area contributed by atoms with E-state index in [4.69, 9.17) is 5.84 Å². The second-order valence-corrected chi connectivity index (χ2v) is 12.0. The summed E-state index contributed by atoms with van der Waals surface area (Å²) in [6, 6.07) is 13.4. The Morgan fingerprint density at radius 1 is 1.13 bits per heavy atom. The van der Waals surface area contributed by atoms with E-state index in [1.807, 2.05) is 20.8 Å². The number of anilines is 3. The number of aromatic nitrogens is 1. The van der Waals surface area contributed by atoms with Gasteiger partial charge in [-0.05, 0) is 46.9 Å². The number of nitrogens with one attached hydrogen (secondary N) is 2. The number of hydrogen-bond acceptors (Lipinski definition) is 8. The van der Waals surface area contributed by atoms with Crippen LogP contribution in [0.3, 0.4) is 0 Å². The Balaban J connectivity index is 1.90. The smallest absolute Gasteiger partial charge is 0.338 e. The minimum Gasteiger partial charge on any atom is -0.338 e. The molecule has 1 atom stereocenters. The number of hydrogen-bond donors (Lipinski definition) is 3. The quantitative estimate of drug-likeness (QED) is 0.170. The number of nitrogens with two attached hydrogens (primary N) is 1. The lowest BCUT2D eigenvalue weighted by molar-refractivity contribution is -0.141. The van der Waals surface area contributed by atoms with E-state index < -0.39 is 28.1 Å². The van der Waals surface area contributed by atoms with Gasteiger partial charge in [-0.1, -0.05) is 45.0 Å². The molecule has 9 nitrogen and oxygen atoms in total. The Hall–Kier alpha value is -3.68. The standard InChI is InChI=1S/C26H30F3N7O2S/c1-25(2,3)18-8-10-19(11-9-18)39(37,38)36-15-17-7-13-22(26(27,28)29)33-23(17)32-20-12-6-16(14-21(20)36)24(34-30)35(5)31-4/h6-14,24,34H,4,15,30H2,1-3,5H3,(H,32,33). The second kappa shape index (κ2) is 10.1. The molecule has 2 aromatic carbocycles. The zero-order valence-electron chi connectivity index (χ0n) is 21.9. The van der Waals surface area contributed by atoms with Gasteiger partial charge in [0.1, 0.15) is 17.7 Å². The zero-order valence-corrected chi connectivity index (χ0v) is 22.7. The molecule has 0 saturated carbocycles. The lowest BCUT2D eigenvalue weighted by Gasteiger charge is -2.28. The van der Waals surface area contributed by atoms with Crippen LogP contribution in [-0.4, -0.2) is 32.2 Å². The van der Waals surface area contributed by atoms with Gasteiger partial charge >= 0.3 is 6.18 Å². The molecule has 1 aliphatic heterocycles. The van der Waals surface area contributed by atoms with Crippen molar-refractivity contribution in [1.82, 2.24) is 15.4 Å². The number of hydrazone groups is 1. The van der Waals surface area contributed by atoms with E-state index in [0.29, 0.717) is 5.56 Å². The van der Waals surface area contributed by atoms with Crippen LogP contribution < -0.4 is 20.9 Å². The van der Waals surface area contributed by atoms with Crippen molar-refractivity contribution in [1.29, 1.82) is 0 Å². The van der Waals surface area contributed by atoms with Gasteiger partial charge in [-0.15, -0.1) is 0 Å². The van der Waals surface area contributed by atoms with Crippen molar-refractivity contribution in [2.24, 2.45) is 10.9 Å². The summed E-state index contributed by atoms with van der Waals surface area (Å²) in [4.78, 5) is 3.80. The fourth-order valence-corrected chi connectivity index (χ4v) is 5.70. The highest BCUT2D eigenvalue weighted by Gasteiger charge is 2.36. The zero-order chi connectivity index (χ0) is 28.8. The van der Waals surface area contributed by atoms with Crippen molar-refractivity contribution in [3.63, 3.8) is 0 Å². The van der Waals surface area contributed by atoms with Crippen LogP contribution in [-0.2, 0) is 28.2 Å². The summed E-state index contributed by atoms with van der Waals surface area (Å²) in [5.74, 6) is 5.65. The molecular weight excluding hydrogens is 531 g/mol. The van der Waals surface area contributed by atoms with E-state index in [1.54, 1.807) is 37.4 Å². The third-order valence-electron chi connectivity index (χ3n) is 6.51. The van der Waals surface area contributed by atoms with Crippen LogP contribution in [0.5, 0.6) is 0 Å². The third-order valence-corrected chi connectivity index (χ3v) is 8.28. The van der Waals surface area contributed by atoms with Gasteiger partial charge in [-0.3, -0.25) is 15.2 Å². The molecule has 0 spiro atoms. The summed E-state index contributed by atoms with van der Waals surface area (Å²) >= 11 is 0. The first-order chi connectivity index (χ1) is 18.2. The van der Waals surface area contributed by atoms with Crippen molar-refractivity contribution in [3.8, 4) is 0 Å². The van der Waals surface area contributed by atoms with Crippen LogP contribution in [0.25, 0.3) is 0 Å². The molecule has 208 valence electrons. The second-order valence-electron chi connectivity index (χ2n) is 10.2. The lowest BCUT2D eigenvalue weighted by Crippen LogP contribution is -2.37. The van der Waals surface area contributed by atoms with Gasteiger partial charge in [-0.2, -0.15) is 18.3 Å². The van der Waals surface area contributed by atoms with Crippen molar-refractivity contribution in [3.05, 3.63) is 77.0 Å². The fraction of sp³-hybridized carbons (Fsp3) is 0.308. The number of fused-ring (bicyclic) bond motifs is 2. The number of sulfonamides is 1. The average Bonchev–Trinajstić information content (AvgIpc) is 3.04. The summed E-state index contributed by atoms with van der Waals surface area (Å²) in [6.45, 7) is 9.29. The normalized spacial score (nSPS) is 14.5. The van der Waals surface area contributed by atoms with Gasteiger partial charge in [-0.25, -0.2) is 18.8 Å². The number of nitrogens with zero attached hydrogens (tertiary/aromatic N) is 4. The summed E-state index contributed by atoms with van der Waals surface area (Å²) in [5.41, 5.74) is 3.56. The molecule has 4 N–H and O–H groups in total. The largest absolute Gasteiger partial charge is 0.433 e. The van der Waals surface area contributed by atoms with Crippen LogP contribution in [0.2, 0.25) is 0 Å². The number of alkyl halides is 3. The van der Waals surface area contributed by atoms with E-state index in [2.05, 4.69) is 27.5 Å². The predicted octanol–water partition coefficient (Wildman–Crippen LogP) is 4.86. The number of rotatable bonds is 6. The summed E-state index contributed by atoms with van der Waals surface area (Å²) < 4.78 is 69.5. The summed E-state index contributed by atoms with van der Waals surface area (Å²) in [5, 5.41) is 8.21. The van der Waals surface area contributed by atoms with E-state index in [0.717, 1.165) is 15.9 Å². The Morgan fingerprint density at radius 2 is 1.79 bits per heavy atom. The van der Waals surface area contributed by atoms with Gasteiger partial charge in [0.05, 0.1) is 22.8 Å². The maximum Gasteiger partial charge on any atom is 0.433 e. The van der Waals surface area contributed by atoms with Gasteiger partial charge in [0.2, 0.25) is 0 Å². The van der Waals surface area contributed by atoms with Crippen LogP contribution in [0.1, 0.15) is 49.3 Å². The Morgan fingerprint density at radius 3 is 2.36 bits per heavy atom. The molecule has 0 aliphatic carbocycles. The first-order valence-corrected chi connectivity index (χ1v) is 13.4. The molecule has 1 aromatic heterocycles. The number of pyridine rings is 1. The van der Waals surface area contributed by atoms with Crippen molar-refractivity contribution >= 4 is 33.9 Å². The summed E-state index contributed by atoms with van der Waals surface area (Å²) in [7, 11) is -2.54. The first kappa shape index (κ1) is 28.3. The molecule has 4 rings (SSSR count). The van der Waals surface area contributed by atoms with Crippen LogP contribution in [0.15, 0.2) is 64.6 Å². The molecule has 0 saturated heterocycles. The maximum absolute atomic E-state index is 14.1. The van der Waals surface area contributed by atoms with Crippen molar-refractivity contribution in [2.75, 3.05) is 16.7 Å². The number of benzene rings is 2. The molecule has 13 heteroatoms. The molecule has 39 heavy (non-hydrogen) atoms. The molecule has 3 aromatic rings. The summed E-state index contributed by atoms with van der Waals surface area (Å²) in [6.07, 6.45) is -5.33. The van der Waals surface area contributed by atoms with Crippen LogP contribution >= 0.6 is 0 Å². The lowest BCUT2D eigenvalue weighted by atomic mass is 9.87. The highest BCUT2D eigenvalue weighted by molar-refractivity contribution is 7.92. The van der Waals surface area contributed by atoms with Crippen molar-refractivity contribution < 1.29 is 21.6 Å². The fourth-order valence-electron chi connectivity index (χ4n) is 4.25. The molecule has 2 heterocycles. The molecule has 0 fully saturated rings. The molecule has 0 bridgehead atoms. The van der Waals surface area contributed by atoms with Crippen LogP contribution in [0, 0.1) is 0 Å². The van der Waals surface area contributed by atoms with E-state index in [-0.39, 0.29) is 39.6 Å². The predicted molar refractivity (Wildman–Crippen MR) is 145 cm³/mol.